The largest absolute Gasteiger partial charge is 0.496 e. The van der Waals surface area contributed by atoms with Crippen LogP contribution >= 0.6 is 11.8 Å². The van der Waals surface area contributed by atoms with Gasteiger partial charge >= 0.3 is 0 Å². The molecular formula is C18H19FN2O4S. The number of methoxy groups -OCH3 is 3. The van der Waals surface area contributed by atoms with Crippen molar-refractivity contribution in [1.82, 2.24) is 5.43 Å². The second kappa shape index (κ2) is 9.67. The second-order valence-corrected chi connectivity index (χ2v) is 5.98. The molecule has 26 heavy (non-hydrogen) atoms. The lowest BCUT2D eigenvalue weighted by atomic mass is 10.2. The molecule has 8 heteroatoms. The molecule has 0 aliphatic heterocycles. The molecule has 2 aromatic rings. The Morgan fingerprint density at radius 3 is 2.38 bits per heavy atom. The first kappa shape index (κ1) is 19.6. The molecule has 0 heterocycles. The lowest BCUT2D eigenvalue weighted by molar-refractivity contribution is -0.118. The number of nitrogens with one attached hydrogen (secondary N) is 1. The number of amides is 1. The fourth-order valence-corrected chi connectivity index (χ4v) is 2.80. The van der Waals surface area contributed by atoms with Crippen molar-refractivity contribution in [3.05, 3.63) is 47.8 Å². The molecule has 0 saturated carbocycles. The van der Waals surface area contributed by atoms with Crippen LogP contribution in [0.15, 0.2) is 46.4 Å². The van der Waals surface area contributed by atoms with Crippen LogP contribution in [-0.4, -0.2) is 39.2 Å². The van der Waals surface area contributed by atoms with Gasteiger partial charge in [-0.15, -0.1) is 11.8 Å². The summed E-state index contributed by atoms with van der Waals surface area (Å²) in [7, 11) is 4.56. The molecule has 0 spiro atoms. The van der Waals surface area contributed by atoms with Gasteiger partial charge in [-0.25, -0.2) is 9.82 Å². The van der Waals surface area contributed by atoms with Crippen LogP contribution < -0.4 is 19.6 Å². The van der Waals surface area contributed by atoms with E-state index >= 15 is 0 Å². The van der Waals surface area contributed by atoms with E-state index in [1.165, 1.54) is 33.6 Å². The van der Waals surface area contributed by atoms with Gasteiger partial charge in [0.25, 0.3) is 0 Å². The Kier molecular flexibility index (Phi) is 7.28. The van der Waals surface area contributed by atoms with Crippen LogP contribution in [0, 0.1) is 5.82 Å². The maximum atomic E-state index is 13.5. The molecule has 2 rings (SSSR count). The number of hydrogen-bond donors (Lipinski definition) is 1. The highest BCUT2D eigenvalue weighted by Gasteiger charge is 2.12. The van der Waals surface area contributed by atoms with Crippen LogP contribution in [0.5, 0.6) is 17.2 Å². The van der Waals surface area contributed by atoms with Crippen LogP contribution in [0.2, 0.25) is 0 Å². The van der Waals surface area contributed by atoms with Gasteiger partial charge in [-0.3, -0.25) is 4.79 Å². The zero-order valence-electron chi connectivity index (χ0n) is 14.6. The van der Waals surface area contributed by atoms with Crippen molar-refractivity contribution in [2.75, 3.05) is 27.1 Å². The first-order valence-corrected chi connectivity index (χ1v) is 8.56. The van der Waals surface area contributed by atoms with Crippen molar-refractivity contribution >= 4 is 23.9 Å². The van der Waals surface area contributed by atoms with E-state index in [4.69, 9.17) is 14.2 Å². The molecule has 0 aromatic heterocycles. The average molecular weight is 378 g/mol. The monoisotopic (exact) mass is 378 g/mol. The summed E-state index contributed by atoms with van der Waals surface area (Å²) in [5, 5.41) is 3.92. The molecule has 0 saturated heterocycles. The van der Waals surface area contributed by atoms with Gasteiger partial charge in [0.05, 0.1) is 38.9 Å². The summed E-state index contributed by atoms with van der Waals surface area (Å²) in [5.74, 6) is 0.860. The molecule has 1 amide bonds. The molecule has 0 fully saturated rings. The molecule has 138 valence electrons. The van der Waals surface area contributed by atoms with Gasteiger partial charge < -0.3 is 14.2 Å². The molecule has 6 nitrogen and oxygen atoms in total. The SMILES string of the molecule is COc1cc(OC)c(/C=N/NC(=O)CSc2ccccc2F)c(OC)c1. The minimum Gasteiger partial charge on any atom is -0.496 e. The van der Waals surface area contributed by atoms with Gasteiger partial charge in [-0.2, -0.15) is 5.10 Å². The van der Waals surface area contributed by atoms with Crippen molar-refractivity contribution in [2.45, 2.75) is 4.90 Å². The number of halogens is 1. The zero-order valence-corrected chi connectivity index (χ0v) is 15.4. The Hall–Kier alpha value is -2.74. The Balaban J connectivity index is 2.01. The summed E-state index contributed by atoms with van der Waals surface area (Å²) < 4.78 is 29.3. The first-order valence-electron chi connectivity index (χ1n) is 7.58. The molecule has 1 N–H and O–H groups in total. The number of benzene rings is 2. The number of hydrogen-bond acceptors (Lipinski definition) is 6. The van der Waals surface area contributed by atoms with E-state index < -0.39 is 0 Å². The zero-order chi connectivity index (χ0) is 18.9. The van der Waals surface area contributed by atoms with E-state index in [-0.39, 0.29) is 17.5 Å². The van der Waals surface area contributed by atoms with Crippen molar-refractivity contribution in [3.8, 4) is 17.2 Å². The number of hydrazone groups is 1. The maximum absolute atomic E-state index is 13.5. The summed E-state index contributed by atoms with van der Waals surface area (Å²) >= 11 is 1.09. The number of carbonyl (C=O) groups is 1. The Morgan fingerprint density at radius 1 is 1.15 bits per heavy atom. The third-order valence-corrected chi connectivity index (χ3v) is 4.38. The maximum Gasteiger partial charge on any atom is 0.250 e. The Bertz CT molecular complexity index is 774. The molecule has 0 aliphatic rings. The summed E-state index contributed by atoms with van der Waals surface area (Å²) in [6.07, 6.45) is 1.42. The van der Waals surface area contributed by atoms with Gasteiger partial charge in [0.15, 0.2) is 0 Å². The Labute approximate surface area is 155 Å². The van der Waals surface area contributed by atoms with Gasteiger partial charge in [-0.05, 0) is 12.1 Å². The van der Waals surface area contributed by atoms with E-state index in [0.717, 1.165) is 11.8 Å². The number of rotatable bonds is 8. The molecule has 0 bridgehead atoms. The lowest BCUT2D eigenvalue weighted by Crippen LogP contribution is -2.19. The molecule has 0 unspecified atom stereocenters. The third kappa shape index (κ3) is 5.13. The van der Waals surface area contributed by atoms with E-state index in [2.05, 4.69) is 10.5 Å². The van der Waals surface area contributed by atoms with Gasteiger partial charge in [0, 0.05) is 17.0 Å². The normalized spacial score (nSPS) is 10.6. The van der Waals surface area contributed by atoms with Crippen LogP contribution in [0.4, 0.5) is 4.39 Å². The van der Waals surface area contributed by atoms with E-state index in [0.29, 0.717) is 27.7 Å². The number of thioether (sulfide) groups is 1. The topological polar surface area (TPSA) is 69.2 Å². The molecular weight excluding hydrogens is 359 g/mol. The Morgan fingerprint density at radius 2 is 1.81 bits per heavy atom. The number of ether oxygens (including phenoxy) is 3. The summed E-state index contributed by atoms with van der Waals surface area (Å²) in [4.78, 5) is 12.3. The van der Waals surface area contributed by atoms with Crippen LogP contribution in [0.25, 0.3) is 0 Å². The molecule has 2 aromatic carbocycles. The number of nitrogens with zero attached hydrogens (tertiary/aromatic N) is 1. The molecule has 0 aliphatic carbocycles. The minimum absolute atomic E-state index is 0.0369. The summed E-state index contributed by atoms with van der Waals surface area (Å²) in [6, 6.07) is 9.63. The van der Waals surface area contributed by atoms with Crippen LogP contribution in [0.1, 0.15) is 5.56 Å². The highest BCUT2D eigenvalue weighted by molar-refractivity contribution is 8.00. The third-order valence-electron chi connectivity index (χ3n) is 3.33. The van der Waals surface area contributed by atoms with Crippen LogP contribution in [-0.2, 0) is 4.79 Å². The van der Waals surface area contributed by atoms with E-state index in [1.54, 1.807) is 30.3 Å². The fourth-order valence-electron chi connectivity index (χ4n) is 2.07. The van der Waals surface area contributed by atoms with Crippen LogP contribution in [0.3, 0.4) is 0 Å². The van der Waals surface area contributed by atoms with Crippen molar-refractivity contribution in [1.29, 1.82) is 0 Å². The highest BCUT2D eigenvalue weighted by atomic mass is 32.2. The first-order chi connectivity index (χ1) is 12.6. The second-order valence-electron chi connectivity index (χ2n) is 4.96. The van der Waals surface area contributed by atoms with Crippen molar-refractivity contribution < 1.29 is 23.4 Å². The average Bonchev–Trinajstić information content (AvgIpc) is 2.67. The fraction of sp³-hybridized carbons (Fsp3) is 0.222. The quantitative estimate of drug-likeness (QED) is 0.434. The molecule has 0 radical (unpaired) electrons. The molecule has 0 atom stereocenters. The smallest absolute Gasteiger partial charge is 0.250 e. The predicted molar refractivity (Wildman–Crippen MR) is 99.0 cm³/mol. The summed E-state index contributed by atoms with van der Waals surface area (Å²) in [6.45, 7) is 0. The summed E-state index contributed by atoms with van der Waals surface area (Å²) in [5.41, 5.74) is 2.95. The highest BCUT2D eigenvalue weighted by Crippen LogP contribution is 2.32. The lowest BCUT2D eigenvalue weighted by Gasteiger charge is -2.12. The standard InChI is InChI=1S/C18H19FN2O4S/c1-23-12-8-15(24-2)13(16(9-12)25-3)10-20-21-18(22)11-26-17-7-5-4-6-14(17)19/h4-10H,11H2,1-3H3,(H,21,22)/b20-10+. The number of carbonyl (C=O) groups excluding carboxylic acids is 1. The predicted octanol–water partition coefficient (Wildman–Crippen LogP) is 3.09. The van der Waals surface area contributed by atoms with Crippen molar-refractivity contribution in [2.24, 2.45) is 5.10 Å². The minimum atomic E-state index is -0.360. The van der Waals surface area contributed by atoms with Gasteiger partial charge in [0.1, 0.15) is 23.1 Å². The van der Waals surface area contributed by atoms with E-state index in [1.807, 2.05) is 0 Å². The van der Waals surface area contributed by atoms with E-state index in [9.17, 15) is 9.18 Å². The van der Waals surface area contributed by atoms with Crippen molar-refractivity contribution in [3.63, 3.8) is 0 Å². The van der Waals surface area contributed by atoms with Gasteiger partial charge in [-0.1, -0.05) is 12.1 Å². The van der Waals surface area contributed by atoms with Gasteiger partial charge in [0.2, 0.25) is 5.91 Å².